The molecule has 4 rings (SSSR count). The minimum absolute atomic E-state index is 0.347. The van der Waals surface area contributed by atoms with Gasteiger partial charge < -0.3 is 4.90 Å². The Morgan fingerprint density at radius 2 is 1.34 bits per heavy atom. The maximum Gasteiger partial charge on any atom is 0.0602 e. The van der Waals surface area contributed by atoms with E-state index in [1.54, 1.807) is 0 Å². The van der Waals surface area contributed by atoms with Crippen molar-refractivity contribution >= 4 is 5.69 Å². The van der Waals surface area contributed by atoms with Crippen molar-refractivity contribution in [1.29, 1.82) is 0 Å². The fourth-order valence-electron chi connectivity index (χ4n) is 5.10. The van der Waals surface area contributed by atoms with Crippen LogP contribution < -0.4 is 4.90 Å². The molecule has 2 aliphatic heterocycles. The van der Waals surface area contributed by atoms with Crippen molar-refractivity contribution in [3.8, 4) is 0 Å². The highest BCUT2D eigenvalue weighted by atomic mass is 15.3. The number of rotatable bonds is 5. The fourth-order valence-corrected chi connectivity index (χ4v) is 5.10. The first-order chi connectivity index (χ1) is 14.1. The van der Waals surface area contributed by atoms with Crippen LogP contribution in [0.2, 0.25) is 0 Å². The molecule has 1 unspecified atom stereocenters. The second-order valence-electron chi connectivity index (χ2n) is 9.07. The molecule has 0 saturated carbocycles. The predicted molar refractivity (Wildman–Crippen MR) is 124 cm³/mol. The van der Waals surface area contributed by atoms with Crippen LogP contribution in [0.15, 0.2) is 48.5 Å². The molecule has 2 saturated heterocycles. The van der Waals surface area contributed by atoms with E-state index in [0.29, 0.717) is 12.1 Å². The molecule has 2 aromatic carbocycles. The zero-order valence-corrected chi connectivity index (χ0v) is 18.5. The third kappa shape index (κ3) is 4.67. The topological polar surface area (TPSA) is 9.72 Å². The van der Waals surface area contributed by atoms with Gasteiger partial charge in [0.05, 0.1) is 6.04 Å². The summed E-state index contributed by atoms with van der Waals surface area (Å²) in [4.78, 5) is 7.87. The maximum atomic E-state index is 2.68. The summed E-state index contributed by atoms with van der Waals surface area (Å²) in [5.74, 6) is 0. The first-order valence-electron chi connectivity index (χ1n) is 11.5. The van der Waals surface area contributed by atoms with E-state index in [1.165, 1.54) is 54.7 Å². The van der Waals surface area contributed by atoms with Gasteiger partial charge in [0, 0.05) is 51.0 Å². The Morgan fingerprint density at radius 3 is 1.97 bits per heavy atom. The molecule has 0 amide bonds. The SMILES string of the molecule is Cc1cc(C(c2ccccc2)N2CCN(C(C)C)CC2)ccc1N1CCCCC1. The highest BCUT2D eigenvalue weighted by Crippen LogP contribution is 2.33. The van der Waals surface area contributed by atoms with Crippen LogP contribution in [0.3, 0.4) is 0 Å². The van der Waals surface area contributed by atoms with Crippen LogP contribution in [0.5, 0.6) is 0 Å². The minimum Gasteiger partial charge on any atom is -0.371 e. The number of hydrogen-bond donors (Lipinski definition) is 0. The molecule has 0 N–H and O–H groups in total. The first kappa shape index (κ1) is 20.4. The molecule has 0 aliphatic carbocycles. The standard InChI is InChI=1S/C26H37N3/c1-21(2)27-16-18-29(19-17-27)26(23-10-6-4-7-11-23)24-12-13-25(22(3)20-24)28-14-8-5-9-15-28/h4,6-7,10-13,20-21,26H,5,8-9,14-19H2,1-3H3. The Bertz CT molecular complexity index is 772. The van der Waals surface area contributed by atoms with Gasteiger partial charge in [-0.15, -0.1) is 0 Å². The summed E-state index contributed by atoms with van der Waals surface area (Å²) >= 11 is 0. The highest BCUT2D eigenvalue weighted by molar-refractivity contribution is 5.55. The third-order valence-corrected chi connectivity index (χ3v) is 6.79. The van der Waals surface area contributed by atoms with E-state index in [0.717, 1.165) is 26.2 Å². The van der Waals surface area contributed by atoms with Crippen molar-refractivity contribution in [2.45, 2.75) is 52.1 Å². The number of anilines is 1. The summed E-state index contributed by atoms with van der Waals surface area (Å²) in [7, 11) is 0. The first-order valence-corrected chi connectivity index (χ1v) is 11.5. The van der Waals surface area contributed by atoms with Crippen molar-refractivity contribution in [3.05, 3.63) is 65.2 Å². The second-order valence-corrected chi connectivity index (χ2v) is 9.07. The van der Waals surface area contributed by atoms with E-state index in [-0.39, 0.29) is 0 Å². The van der Waals surface area contributed by atoms with E-state index in [9.17, 15) is 0 Å². The molecule has 0 spiro atoms. The third-order valence-electron chi connectivity index (χ3n) is 6.79. The number of aryl methyl sites for hydroxylation is 1. The molecule has 0 bridgehead atoms. The molecule has 1 atom stereocenters. The highest BCUT2D eigenvalue weighted by Gasteiger charge is 2.27. The number of piperazine rings is 1. The zero-order chi connectivity index (χ0) is 20.2. The van der Waals surface area contributed by atoms with Crippen molar-refractivity contribution in [2.75, 3.05) is 44.2 Å². The van der Waals surface area contributed by atoms with Gasteiger partial charge in [-0.05, 0) is 62.8 Å². The minimum atomic E-state index is 0.347. The van der Waals surface area contributed by atoms with E-state index >= 15 is 0 Å². The molecule has 29 heavy (non-hydrogen) atoms. The molecule has 2 fully saturated rings. The van der Waals surface area contributed by atoms with E-state index in [2.05, 4.69) is 84.0 Å². The smallest absolute Gasteiger partial charge is 0.0602 e. The van der Waals surface area contributed by atoms with Crippen molar-refractivity contribution in [2.24, 2.45) is 0 Å². The number of nitrogens with zero attached hydrogens (tertiary/aromatic N) is 3. The van der Waals surface area contributed by atoms with Crippen LogP contribution in [-0.2, 0) is 0 Å². The Morgan fingerprint density at radius 1 is 0.690 bits per heavy atom. The molecular weight excluding hydrogens is 354 g/mol. The molecule has 2 aromatic rings. The number of hydrogen-bond acceptors (Lipinski definition) is 3. The van der Waals surface area contributed by atoms with E-state index in [1.807, 2.05) is 0 Å². The summed E-state index contributed by atoms with van der Waals surface area (Å²) in [5.41, 5.74) is 5.71. The summed E-state index contributed by atoms with van der Waals surface area (Å²) in [6.07, 6.45) is 4.04. The Kier molecular flexibility index (Phi) is 6.56. The summed E-state index contributed by atoms with van der Waals surface area (Å²) in [6.45, 7) is 13.9. The summed E-state index contributed by atoms with van der Waals surface area (Å²) in [5, 5.41) is 0. The van der Waals surface area contributed by atoms with Crippen molar-refractivity contribution in [3.63, 3.8) is 0 Å². The van der Waals surface area contributed by atoms with Gasteiger partial charge in [0.2, 0.25) is 0 Å². The van der Waals surface area contributed by atoms with Crippen LogP contribution in [0.4, 0.5) is 5.69 Å². The summed E-state index contributed by atoms with van der Waals surface area (Å²) < 4.78 is 0. The molecule has 156 valence electrons. The number of benzene rings is 2. The van der Waals surface area contributed by atoms with Gasteiger partial charge in [0.1, 0.15) is 0 Å². The predicted octanol–water partition coefficient (Wildman–Crippen LogP) is 5.10. The molecular formula is C26H37N3. The lowest BCUT2D eigenvalue weighted by atomic mass is 9.94. The average molecular weight is 392 g/mol. The lowest BCUT2D eigenvalue weighted by Gasteiger charge is -2.41. The Labute approximate surface area is 177 Å². The Balaban J connectivity index is 1.61. The fraction of sp³-hybridized carbons (Fsp3) is 0.538. The van der Waals surface area contributed by atoms with Crippen LogP contribution >= 0.6 is 0 Å². The largest absolute Gasteiger partial charge is 0.371 e. The van der Waals surface area contributed by atoms with E-state index < -0.39 is 0 Å². The summed E-state index contributed by atoms with van der Waals surface area (Å²) in [6, 6.07) is 19.3. The monoisotopic (exact) mass is 391 g/mol. The van der Waals surface area contributed by atoms with Gasteiger partial charge in [-0.1, -0.05) is 42.5 Å². The molecule has 0 radical (unpaired) electrons. The molecule has 2 heterocycles. The molecule has 0 aromatic heterocycles. The quantitative estimate of drug-likeness (QED) is 0.702. The average Bonchev–Trinajstić information content (AvgIpc) is 2.76. The van der Waals surface area contributed by atoms with Crippen LogP contribution in [0.1, 0.15) is 55.8 Å². The number of piperidine rings is 1. The van der Waals surface area contributed by atoms with Crippen molar-refractivity contribution < 1.29 is 0 Å². The van der Waals surface area contributed by atoms with Gasteiger partial charge in [0.25, 0.3) is 0 Å². The lowest BCUT2D eigenvalue weighted by Crippen LogP contribution is -2.50. The second kappa shape index (κ2) is 9.32. The molecule has 3 heteroatoms. The van der Waals surface area contributed by atoms with Crippen LogP contribution in [-0.4, -0.2) is 55.1 Å². The normalized spacial score (nSPS) is 20.2. The maximum absolute atomic E-state index is 2.68. The van der Waals surface area contributed by atoms with Gasteiger partial charge in [-0.2, -0.15) is 0 Å². The van der Waals surface area contributed by atoms with E-state index in [4.69, 9.17) is 0 Å². The van der Waals surface area contributed by atoms with Gasteiger partial charge in [0.15, 0.2) is 0 Å². The van der Waals surface area contributed by atoms with Gasteiger partial charge >= 0.3 is 0 Å². The van der Waals surface area contributed by atoms with Gasteiger partial charge in [-0.25, -0.2) is 0 Å². The van der Waals surface area contributed by atoms with Crippen LogP contribution in [0.25, 0.3) is 0 Å². The van der Waals surface area contributed by atoms with Gasteiger partial charge in [-0.3, -0.25) is 9.80 Å². The zero-order valence-electron chi connectivity index (χ0n) is 18.5. The van der Waals surface area contributed by atoms with Crippen molar-refractivity contribution in [1.82, 2.24) is 9.80 Å². The lowest BCUT2D eigenvalue weighted by molar-refractivity contribution is 0.0892. The Hall–Kier alpha value is -1.84. The molecule has 2 aliphatic rings. The van der Waals surface area contributed by atoms with Crippen LogP contribution in [0, 0.1) is 6.92 Å². The molecule has 3 nitrogen and oxygen atoms in total.